The number of carboxylic acid groups (broad SMARTS) is 1. The quantitative estimate of drug-likeness (QED) is 0.893. The van der Waals surface area contributed by atoms with Crippen molar-refractivity contribution in [1.29, 1.82) is 0 Å². The van der Waals surface area contributed by atoms with Crippen molar-refractivity contribution in [2.45, 2.75) is 31.2 Å². The van der Waals surface area contributed by atoms with Gasteiger partial charge in [0.1, 0.15) is 5.52 Å². The van der Waals surface area contributed by atoms with Crippen LogP contribution in [0.3, 0.4) is 0 Å². The second-order valence-electron chi connectivity index (χ2n) is 5.06. The number of aliphatic hydroxyl groups excluding tert-OH is 1. The number of imidazole rings is 1. The molecular formula is C13H11F3N2O3. The number of benzene rings is 1. The molecule has 8 heteroatoms. The van der Waals surface area contributed by atoms with E-state index in [2.05, 4.69) is 4.98 Å². The lowest BCUT2D eigenvalue weighted by Gasteiger charge is -2.34. The fourth-order valence-corrected chi connectivity index (χ4v) is 2.63. The molecule has 0 unspecified atom stereocenters. The van der Waals surface area contributed by atoms with Crippen molar-refractivity contribution in [3.05, 3.63) is 29.6 Å². The summed E-state index contributed by atoms with van der Waals surface area (Å²) in [5.74, 6) is -2.45. The molecule has 2 N–H and O–H groups in total. The van der Waals surface area contributed by atoms with Gasteiger partial charge in [-0.2, -0.15) is 13.2 Å². The average Bonchev–Trinajstić information content (AvgIpc) is 2.73. The third-order valence-electron chi connectivity index (χ3n) is 3.66. The van der Waals surface area contributed by atoms with Crippen molar-refractivity contribution >= 4 is 17.0 Å². The Morgan fingerprint density at radius 3 is 2.52 bits per heavy atom. The molecule has 1 heterocycles. The van der Waals surface area contributed by atoms with Crippen LogP contribution in [0.15, 0.2) is 18.2 Å². The van der Waals surface area contributed by atoms with Crippen molar-refractivity contribution in [1.82, 2.24) is 9.55 Å². The highest BCUT2D eigenvalue weighted by molar-refractivity contribution is 6.01. The predicted molar refractivity (Wildman–Crippen MR) is 66.0 cm³/mol. The van der Waals surface area contributed by atoms with Gasteiger partial charge in [-0.05, 0) is 25.0 Å². The van der Waals surface area contributed by atoms with Gasteiger partial charge in [0, 0.05) is 6.04 Å². The Morgan fingerprint density at radius 1 is 1.33 bits per heavy atom. The highest BCUT2D eigenvalue weighted by Crippen LogP contribution is 2.41. The maximum Gasteiger partial charge on any atom is 0.449 e. The van der Waals surface area contributed by atoms with Gasteiger partial charge in [0.25, 0.3) is 0 Å². The molecule has 0 spiro atoms. The first-order valence-electron chi connectivity index (χ1n) is 6.28. The van der Waals surface area contributed by atoms with Crippen molar-refractivity contribution in [3.63, 3.8) is 0 Å². The summed E-state index contributed by atoms with van der Waals surface area (Å²) in [6, 6.07) is 3.50. The Bertz CT molecular complexity index is 717. The van der Waals surface area contributed by atoms with Crippen molar-refractivity contribution < 1.29 is 28.2 Å². The third-order valence-corrected chi connectivity index (χ3v) is 3.66. The number of aliphatic hydroxyl groups is 1. The van der Waals surface area contributed by atoms with Crippen LogP contribution < -0.4 is 0 Å². The van der Waals surface area contributed by atoms with E-state index in [1.807, 2.05) is 0 Å². The SMILES string of the molecule is O=C(O)c1cccc2c1nc(C(F)(F)F)n2C1CC(O)C1. The summed E-state index contributed by atoms with van der Waals surface area (Å²) >= 11 is 0. The number of rotatable bonds is 2. The summed E-state index contributed by atoms with van der Waals surface area (Å²) in [6.45, 7) is 0. The molecule has 2 aromatic rings. The molecule has 1 aromatic heterocycles. The summed E-state index contributed by atoms with van der Waals surface area (Å²) in [7, 11) is 0. The molecule has 0 bridgehead atoms. The summed E-state index contributed by atoms with van der Waals surface area (Å²) in [6.07, 6.45) is -4.91. The molecule has 0 saturated heterocycles. The van der Waals surface area contributed by atoms with E-state index in [0.29, 0.717) is 0 Å². The average molecular weight is 300 g/mol. The van der Waals surface area contributed by atoms with Crippen LogP contribution in [0.1, 0.15) is 35.1 Å². The van der Waals surface area contributed by atoms with E-state index in [4.69, 9.17) is 5.11 Å². The normalized spacial score (nSPS) is 22.3. The molecule has 1 aromatic carbocycles. The Balaban J connectivity index is 2.27. The van der Waals surface area contributed by atoms with Gasteiger partial charge in [-0.1, -0.05) is 6.07 Å². The van der Waals surface area contributed by atoms with Crippen LogP contribution in [0.2, 0.25) is 0 Å². The fourth-order valence-electron chi connectivity index (χ4n) is 2.63. The standard InChI is InChI=1S/C13H11F3N2O3/c14-13(15,16)12-17-10-8(11(20)21)2-1-3-9(10)18(12)6-4-7(19)5-6/h1-3,6-7,19H,4-5H2,(H,20,21). The minimum Gasteiger partial charge on any atom is -0.478 e. The summed E-state index contributed by atoms with van der Waals surface area (Å²) in [5, 5.41) is 18.4. The number of aromatic carboxylic acids is 1. The van der Waals surface area contributed by atoms with Gasteiger partial charge < -0.3 is 14.8 Å². The molecular weight excluding hydrogens is 289 g/mol. The number of hydrogen-bond acceptors (Lipinski definition) is 3. The molecule has 21 heavy (non-hydrogen) atoms. The molecule has 5 nitrogen and oxygen atoms in total. The zero-order valence-corrected chi connectivity index (χ0v) is 10.6. The van der Waals surface area contributed by atoms with Crippen LogP contribution in [-0.2, 0) is 6.18 Å². The zero-order chi connectivity index (χ0) is 15.4. The van der Waals surface area contributed by atoms with Gasteiger partial charge in [-0.3, -0.25) is 0 Å². The van der Waals surface area contributed by atoms with E-state index >= 15 is 0 Å². The van der Waals surface area contributed by atoms with E-state index in [-0.39, 0.29) is 29.4 Å². The molecule has 0 amide bonds. The molecule has 1 aliphatic rings. The maximum absolute atomic E-state index is 13.1. The minimum absolute atomic E-state index is 0.124. The number of fused-ring (bicyclic) bond motifs is 1. The highest BCUT2D eigenvalue weighted by Gasteiger charge is 2.42. The van der Waals surface area contributed by atoms with Crippen LogP contribution in [0.5, 0.6) is 0 Å². The van der Waals surface area contributed by atoms with E-state index in [1.165, 1.54) is 18.2 Å². The van der Waals surface area contributed by atoms with Gasteiger partial charge in [-0.15, -0.1) is 0 Å². The Kier molecular flexibility index (Phi) is 2.94. The van der Waals surface area contributed by atoms with Gasteiger partial charge in [-0.25, -0.2) is 9.78 Å². The second-order valence-corrected chi connectivity index (χ2v) is 5.06. The molecule has 1 fully saturated rings. The molecule has 0 radical (unpaired) electrons. The summed E-state index contributed by atoms with van der Waals surface area (Å²) < 4.78 is 40.4. The maximum atomic E-state index is 13.1. The number of para-hydroxylation sites is 1. The third kappa shape index (κ3) is 2.15. The van der Waals surface area contributed by atoms with Crippen molar-refractivity contribution in [3.8, 4) is 0 Å². The summed E-state index contributed by atoms with van der Waals surface area (Å²) in [4.78, 5) is 14.6. The van der Waals surface area contributed by atoms with E-state index < -0.39 is 30.1 Å². The van der Waals surface area contributed by atoms with E-state index in [1.54, 1.807) is 0 Å². The Labute approximate surface area is 116 Å². The van der Waals surface area contributed by atoms with E-state index in [0.717, 1.165) is 4.57 Å². The van der Waals surface area contributed by atoms with Crippen molar-refractivity contribution in [2.75, 3.05) is 0 Å². The van der Waals surface area contributed by atoms with E-state index in [9.17, 15) is 23.1 Å². The number of aromatic nitrogens is 2. The topological polar surface area (TPSA) is 75.3 Å². The van der Waals surface area contributed by atoms with Crippen LogP contribution in [0.4, 0.5) is 13.2 Å². The number of alkyl halides is 3. The Morgan fingerprint density at radius 2 is 2.00 bits per heavy atom. The first kappa shape index (κ1) is 13.9. The van der Waals surface area contributed by atoms with Crippen LogP contribution in [-0.4, -0.2) is 31.8 Å². The lowest BCUT2D eigenvalue weighted by Crippen LogP contribution is -2.33. The monoisotopic (exact) mass is 300 g/mol. The first-order valence-corrected chi connectivity index (χ1v) is 6.28. The lowest BCUT2D eigenvalue weighted by atomic mass is 9.89. The first-order chi connectivity index (χ1) is 9.79. The zero-order valence-electron chi connectivity index (χ0n) is 10.6. The molecule has 0 aliphatic heterocycles. The molecule has 1 aliphatic carbocycles. The number of nitrogens with zero attached hydrogens (tertiary/aromatic N) is 2. The molecule has 0 atom stereocenters. The van der Waals surface area contributed by atoms with Crippen LogP contribution in [0, 0.1) is 0 Å². The predicted octanol–water partition coefficient (Wildman–Crippen LogP) is 2.45. The largest absolute Gasteiger partial charge is 0.478 e. The van der Waals surface area contributed by atoms with Crippen LogP contribution >= 0.6 is 0 Å². The molecule has 3 rings (SSSR count). The molecule has 112 valence electrons. The van der Waals surface area contributed by atoms with Gasteiger partial charge in [0.05, 0.1) is 17.2 Å². The Hall–Kier alpha value is -2.09. The number of carbonyl (C=O) groups is 1. The van der Waals surface area contributed by atoms with Crippen LogP contribution in [0.25, 0.3) is 11.0 Å². The fraction of sp³-hybridized carbons (Fsp3) is 0.385. The summed E-state index contributed by atoms with van der Waals surface area (Å²) in [5.41, 5.74) is -0.325. The van der Waals surface area contributed by atoms with Gasteiger partial charge in [0.2, 0.25) is 5.82 Å². The second kappa shape index (κ2) is 4.45. The highest BCUT2D eigenvalue weighted by atomic mass is 19.4. The number of hydrogen-bond donors (Lipinski definition) is 2. The van der Waals surface area contributed by atoms with Crippen molar-refractivity contribution in [2.24, 2.45) is 0 Å². The van der Waals surface area contributed by atoms with Gasteiger partial charge in [0.15, 0.2) is 0 Å². The number of halogens is 3. The minimum atomic E-state index is -4.69. The lowest BCUT2D eigenvalue weighted by molar-refractivity contribution is -0.149. The number of carboxylic acids is 1. The molecule has 1 saturated carbocycles. The smallest absolute Gasteiger partial charge is 0.449 e. The van der Waals surface area contributed by atoms with Gasteiger partial charge >= 0.3 is 12.1 Å².